The van der Waals surface area contributed by atoms with Crippen molar-refractivity contribution in [3.05, 3.63) is 34.9 Å². The van der Waals surface area contributed by atoms with E-state index in [2.05, 4.69) is 5.32 Å². The van der Waals surface area contributed by atoms with Crippen LogP contribution in [-0.4, -0.2) is 54.3 Å². The van der Waals surface area contributed by atoms with Crippen LogP contribution in [0.2, 0.25) is 5.02 Å². The van der Waals surface area contributed by atoms with Gasteiger partial charge in [0.05, 0.1) is 12.6 Å². The average molecular weight is 338 g/mol. The number of benzene rings is 1. The first kappa shape index (κ1) is 17.8. The SMILES string of the molecule is CC(C(=O)N(C)CC(=O)NC1CC1)N(C)Cc1ccccc1Cl. The second-order valence-corrected chi connectivity index (χ2v) is 6.63. The fourth-order valence-electron chi connectivity index (χ4n) is 2.33. The quantitative estimate of drug-likeness (QED) is 0.826. The summed E-state index contributed by atoms with van der Waals surface area (Å²) in [6.07, 6.45) is 2.08. The minimum atomic E-state index is -0.329. The van der Waals surface area contributed by atoms with E-state index in [0.29, 0.717) is 17.6 Å². The van der Waals surface area contributed by atoms with Gasteiger partial charge in [-0.3, -0.25) is 14.5 Å². The van der Waals surface area contributed by atoms with Crippen LogP contribution >= 0.6 is 11.6 Å². The molecule has 0 bridgehead atoms. The maximum Gasteiger partial charge on any atom is 0.239 e. The molecule has 0 radical (unpaired) electrons. The summed E-state index contributed by atoms with van der Waals surface area (Å²) in [5, 5.41) is 3.58. The Morgan fingerprint density at radius 1 is 1.30 bits per heavy atom. The van der Waals surface area contributed by atoms with Crippen LogP contribution in [0.1, 0.15) is 25.3 Å². The monoisotopic (exact) mass is 337 g/mol. The maximum absolute atomic E-state index is 12.5. The van der Waals surface area contributed by atoms with Crippen LogP contribution in [0.3, 0.4) is 0 Å². The third-order valence-corrected chi connectivity index (χ3v) is 4.46. The Bertz CT molecular complexity index is 575. The van der Waals surface area contributed by atoms with E-state index in [1.165, 1.54) is 4.90 Å². The maximum atomic E-state index is 12.5. The zero-order valence-corrected chi connectivity index (χ0v) is 14.6. The third-order valence-electron chi connectivity index (χ3n) is 4.10. The lowest BCUT2D eigenvalue weighted by Crippen LogP contribution is -2.47. The van der Waals surface area contributed by atoms with Crippen molar-refractivity contribution in [1.29, 1.82) is 0 Å². The first-order chi connectivity index (χ1) is 10.9. The van der Waals surface area contributed by atoms with E-state index in [1.54, 1.807) is 7.05 Å². The highest BCUT2D eigenvalue weighted by atomic mass is 35.5. The van der Waals surface area contributed by atoms with Gasteiger partial charge in [-0.05, 0) is 38.4 Å². The summed E-state index contributed by atoms with van der Waals surface area (Å²) in [7, 11) is 3.54. The Morgan fingerprint density at radius 3 is 2.57 bits per heavy atom. The van der Waals surface area contributed by atoms with E-state index in [9.17, 15) is 9.59 Å². The number of rotatable bonds is 7. The molecule has 1 N–H and O–H groups in total. The van der Waals surface area contributed by atoms with Crippen molar-refractivity contribution < 1.29 is 9.59 Å². The van der Waals surface area contributed by atoms with Gasteiger partial charge in [0.25, 0.3) is 0 Å². The summed E-state index contributed by atoms with van der Waals surface area (Å²) in [5.41, 5.74) is 0.977. The molecule has 1 atom stereocenters. The second kappa shape index (κ2) is 7.79. The molecule has 1 unspecified atom stereocenters. The first-order valence-corrected chi connectivity index (χ1v) is 8.24. The van der Waals surface area contributed by atoms with Gasteiger partial charge < -0.3 is 10.2 Å². The zero-order valence-electron chi connectivity index (χ0n) is 13.9. The van der Waals surface area contributed by atoms with Crippen molar-refractivity contribution in [3.63, 3.8) is 0 Å². The van der Waals surface area contributed by atoms with Crippen LogP contribution in [0.5, 0.6) is 0 Å². The number of nitrogens with one attached hydrogen (secondary N) is 1. The summed E-state index contributed by atoms with van der Waals surface area (Å²) in [6.45, 7) is 2.52. The fourth-order valence-corrected chi connectivity index (χ4v) is 2.53. The minimum Gasteiger partial charge on any atom is -0.352 e. The van der Waals surface area contributed by atoms with Crippen LogP contribution < -0.4 is 5.32 Å². The Balaban J connectivity index is 1.87. The molecule has 1 fully saturated rings. The van der Waals surface area contributed by atoms with E-state index >= 15 is 0 Å². The molecule has 1 aliphatic rings. The highest BCUT2D eigenvalue weighted by Crippen LogP contribution is 2.19. The molecule has 0 heterocycles. The molecule has 0 saturated heterocycles. The van der Waals surface area contributed by atoms with Gasteiger partial charge in [0.2, 0.25) is 11.8 Å². The molecule has 1 aliphatic carbocycles. The van der Waals surface area contributed by atoms with Crippen molar-refractivity contribution in [2.24, 2.45) is 0 Å². The normalized spacial score (nSPS) is 15.3. The highest BCUT2D eigenvalue weighted by Gasteiger charge is 2.26. The third kappa shape index (κ3) is 5.22. The van der Waals surface area contributed by atoms with Crippen LogP contribution in [0.25, 0.3) is 0 Å². The molecular weight excluding hydrogens is 314 g/mol. The van der Waals surface area contributed by atoms with Crippen molar-refractivity contribution in [1.82, 2.24) is 15.1 Å². The van der Waals surface area contributed by atoms with E-state index in [4.69, 9.17) is 11.6 Å². The number of halogens is 1. The molecule has 2 rings (SSSR count). The molecular formula is C17H24ClN3O2. The molecule has 0 aromatic heterocycles. The predicted octanol–water partition coefficient (Wildman–Crippen LogP) is 1.90. The molecule has 0 spiro atoms. The summed E-state index contributed by atoms with van der Waals surface area (Å²) in [5.74, 6) is -0.171. The Hall–Kier alpha value is -1.59. The molecule has 1 aromatic rings. The highest BCUT2D eigenvalue weighted by molar-refractivity contribution is 6.31. The number of nitrogens with zero attached hydrogens (tertiary/aromatic N) is 2. The molecule has 6 heteroatoms. The predicted molar refractivity (Wildman–Crippen MR) is 91.2 cm³/mol. The second-order valence-electron chi connectivity index (χ2n) is 6.22. The molecule has 5 nitrogen and oxygen atoms in total. The number of hydrogen-bond acceptors (Lipinski definition) is 3. The van der Waals surface area contributed by atoms with Gasteiger partial charge in [0, 0.05) is 24.7 Å². The number of likely N-dealkylation sites (N-methyl/N-ethyl adjacent to an activating group) is 2. The molecule has 0 aliphatic heterocycles. The summed E-state index contributed by atoms with van der Waals surface area (Å²) < 4.78 is 0. The van der Waals surface area contributed by atoms with Gasteiger partial charge in [0.1, 0.15) is 0 Å². The average Bonchev–Trinajstić information content (AvgIpc) is 3.31. The number of carbonyl (C=O) groups is 2. The largest absolute Gasteiger partial charge is 0.352 e. The van der Waals surface area contributed by atoms with Crippen molar-refractivity contribution in [3.8, 4) is 0 Å². The van der Waals surface area contributed by atoms with Gasteiger partial charge in [-0.15, -0.1) is 0 Å². The van der Waals surface area contributed by atoms with Gasteiger partial charge in [-0.1, -0.05) is 29.8 Å². The van der Waals surface area contributed by atoms with Gasteiger partial charge in [-0.25, -0.2) is 0 Å². The van der Waals surface area contributed by atoms with Crippen molar-refractivity contribution in [2.75, 3.05) is 20.6 Å². The Labute approximate surface area is 142 Å². The first-order valence-electron chi connectivity index (χ1n) is 7.86. The molecule has 126 valence electrons. The van der Waals surface area contributed by atoms with Gasteiger partial charge >= 0.3 is 0 Å². The van der Waals surface area contributed by atoms with Crippen molar-refractivity contribution in [2.45, 2.75) is 38.4 Å². The lowest BCUT2D eigenvalue weighted by Gasteiger charge is -2.28. The van der Waals surface area contributed by atoms with E-state index in [1.807, 2.05) is 43.1 Å². The standard InChI is InChI=1S/C17H24ClN3O2/c1-12(20(2)10-13-6-4-5-7-15(13)18)17(23)21(3)11-16(22)19-14-8-9-14/h4-7,12,14H,8-11H2,1-3H3,(H,19,22). The Kier molecular flexibility index (Phi) is 6.02. The van der Waals surface area contributed by atoms with Crippen LogP contribution in [0, 0.1) is 0 Å². The van der Waals surface area contributed by atoms with E-state index in [-0.39, 0.29) is 24.4 Å². The van der Waals surface area contributed by atoms with Crippen molar-refractivity contribution >= 4 is 23.4 Å². The molecule has 1 saturated carbocycles. The molecule has 23 heavy (non-hydrogen) atoms. The van der Waals surface area contributed by atoms with E-state index in [0.717, 1.165) is 18.4 Å². The number of amides is 2. The topological polar surface area (TPSA) is 52.7 Å². The van der Waals surface area contributed by atoms with Crippen LogP contribution in [-0.2, 0) is 16.1 Å². The smallest absolute Gasteiger partial charge is 0.239 e. The van der Waals surface area contributed by atoms with E-state index < -0.39 is 0 Å². The minimum absolute atomic E-state index is 0.0782. The zero-order chi connectivity index (χ0) is 17.0. The van der Waals surface area contributed by atoms with Gasteiger partial charge in [0.15, 0.2) is 0 Å². The fraction of sp³-hybridized carbons (Fsp3) is 0.529. The Morgan fingerprint density at radius 2 is 1.96 bits per heavy atom. The lowest BCUT2D eigenvalue weighted by atomic mass is 10.2. The summed E-state index contributed by atoms with van der Waals surface area (Å²) in [6, 6.07) is 7.58. The molecule has 2 amide bonds. The van der Waals surface area contributed by atoms with Gasteiger partial charge in [-0.2, -0.15) is 0 Å². The van der Waals surface area contributed by atoms with Crippen LogP contribution in [0.15, 0.2) is 24.3 Å². The summed E-state index contributed by atoms with van der Waals surface area (Å²) in [4.78, 5) is 27.7. The lowest BCUT2D eigenvalue weighted by molar-refractivity contribution is -0.138. The number of hydrogen-bond donors (Lipinski definition) is 1. The molecule has 1 aromatic carbocycles. The van der Waals surface area contributed by atoms with Crippen LogP contribution in [0.4, 0.5) is 0 Å². The summed E-state index contributed by atoms with van der Waals surface area (Å²) >= 11 is 6.16. The number of carbonyl (C=O) groups excluding carboxylic acids is 2.